The summed E-state index contributed by atoms with van der Waals surface area (Å²) in [5.41, 5.74) is 2.48. The van der Waals surface area contributed by atoms with E-state index in [0.717, 1.165) is 11.1 Å². The predicted octanol–water partition coefficient (Wildman–Crippen LogP) is 4.74. The number of benzene rings is 3. The maximum Gasteiger partial charge on any atom is 0.258 e. The zero-order valence-electron chi connectivity index (χ0n) is 16.9. The van der Waals surface area contributed by atoms with E-state index in [9.17, 15) is 9.59 Å². The molecule has 156 valence electrons. The number of aryl methyl sites for hydroxylation is 1. The lowest BCUT2D eigenvalue weighted by molar-refractivity contribution is -0.132. The van der Waals surface area contributed by atoms with Gasteiger partial charge in [-0.05, 0) is 41.8 Å². The lowest BCUT2D eigenvalue weighted by Gasteiger charge is -2.23. The van der Waals surface area contributed by atoms with Crippen LogP contribution < -0.4 is 5.56 Å². The zero-order chi connectivity index (χ0) is 21.6. The summed E-state index contributed by atoms with van der Waals surface area (Å²) in [7, 11) is 0. The van der Waals surface area contributed by atoms with E-state index in [0.29, 0.717) is 41.1 Å². The van der Waals surface area contributed by atoms with Gasteiger partial charge in [0.15, 0.2) is 0 Å². The van der Waals surface area contributed by atoms with Crippen molar-refractivity contribution in [3.05, 3.63) is 111 Å². The third kappa shape index (κ3) is 5.38. The molecule has 0 saturated carbocycles. The number of amides is 1. The molecule has 4 aromatic rings. The first kappa shape index (κ1) is 20.8. The van der Waals surface area contributed by atoms with Gasteiger partial charge < -0.3 is 9.88 Å². The number of aromatic nitrogens is 2. The van der Waals surface area contributed by atoms with Gasteiger partial charge in [-0.3, -0.25) is 9.59 Å². The molecule has 1 N–H and O–H groups in total. The molecule has 0 atom stereocenters. The van der Waals surface area contributed by atoms with Crippen LogP contribution >= 0.6 is 11.6 Å². The number of hydrogen-bond donors (Lipinski definition) is 1. The molecule has 0 radical (unpaired) electrons. The highest BCUT2D eigenvalue weighted by Gasteiger charge is 2.17. The molecule has 1 amide bonds. The average molecular weight is 432 g/mol. The van der Waals surface area contributed by atoms with E-state index in [1.807, 2.05) is 48.5 Å². The summed E-state index contributed by atoms with van der Waals surface area (Å²) in [6.45, 7) is 0.623. The van der Waals surface area contributed by atoms with Crippen LogP contribution in [0.25, 0.3) is 10.9 Å². The van der Waals surface area contributed by atoms with Crippen molar-refractivity contribution in [1.29, 1.82) is 0 Å². The predicted molar refractivity (Wildman–Crippen MR) is 123 cm³/mol. The summed E-state index contributed by atoms with van der Waals surface area (Å²) in [5, 5.41) is 1.18. The van der Waals surface area contributed by atoms with Crippen LogP contribution in [0.5, 0.6) is 0 Å². The fourth-order valence-corrected chi connectivity index (χ4v) is 3.61. The van der Waals surface area contributed by atoms with Crippen molar-refractivity contribution in [2.24, 2.45) is 0 Å². The molecular formula is C25H22ClN3O2. The summed E-state index contributed by atoms with van der Waals surface area (Å²) in [6, 6.07) is 24.5. The van der Waals surface area contributed by atoms with Crippen LogP contribution in [0.1, 0.15) is 23.4 Å². The van der Waals surface area contributed by atoms with Gasteiger partial charge in [0.1, 0.15) is 5.82 Å². The summed E-state index contributed by atoms with van der Waals surface area (Å²) < 4.78 is 0. The van der Waals surface area contributed by atoms with Crippen molar-refractivity contribution < 1.29 is 4.79 Å². The number of nitrogens with one attached hydrogen (secondary N) is 1. The van der Waals surface area contributed by atoms with Crippen molar-refractivity contribution in [2.45, 2.75) is 25.9 Å². The van der Waals surface area contributed by atoms with Gasteiger partial charge in [0.2, 0.25) is 5.91 Å². The Kier molecular flexibility index (Phi) is 6.43. The van der Waals surface area contributed by atoms with Crippen molar-refractivity contribution >= 4 is 28.4 Å². The van der Waals surface area contributed by atoms with E-state index < -0.39 is 0 Å². The number of H-pyrrole nitrogens is 1. The highest BCUT2D eigenvalue weighted by Crippen LogP contribution is 2.15. The average Bonchev–Trinajstić information content (AvgIpc) is 2.79. The van der Waals surface area contributed by atoms with Gasteiger partial charge in [0.05, 0.1) is 17.4 Å². The molecule has 1 heterocycles. The minimum Gasteiger partial charge on any atom is -0.331 e. The molecule has 1 aromatic heterocycles. The van der Waals surface area contributed by atoms with E-state index >= 15 is 0 Å². The molecule has 0 spiro atoms. The minimum absolute atomic E-state index is 0.00499. The maximum atomic E-state index is 13.1. The second-order valence-electron chi connectivity index (χ2n) is 7.39. The molecule has 0 aliphatic rings. The Morgan fingerprint density at radius 2 is 1.58 bits per heavy atom. The van der Waals surface area contributed by atoms with Gasteiger partial charge in [0, 0.05) is 18.0 Å². The van der Waals surface area contributed by atoms with Gasteiger partial charge in [-0.15, -0.1) is 0 Å². The number of carbonyl (C=O) groups is 1. The fourth-order valence-electron chi connectivity index (χ4n) is 3.49. The molecule has 0 fully saturated rings. The van der Waals surface area contributed by atoms with Crippen LogP contribution in [-0.2, 0) is 24.3 Å². The van der Waals surface area contributed by atoms with E-state index in [4.69, 9.17) is 11.6 Å². The smallest absolute Gasteiger partial charge is 0.258 e. The van der Waals surface area contributed by atoms with Crippen LogP contribution in [0.2, 0.25) is 5.02 Å². The topological polar surface area (TPSA) is 66.1 Å². The van der Waals surface area contributed by atoms with Gasteiger partial charge in [0.25, 0.3) is 5.56 Å². The Morgan fingerprint density at radius 3 is 2.35 bits per heavy atom. The third-order valence-corrected chi connectivity index (χ3v) is 5.36. The van der Waals surface area contributed by atoms with Crippen LogP contribution in [0.3, 0.4) is 0 Å². The third-order valence-electron chi connectivity index (χ3n) is 5.11. The first-order chi connectivity index (χ1) is 15.1. The molecule has 31 heavy (non-hydrogen) atoms. The van der Waals surface area contributed by atoms with Crippen LogP contribution in [0, 0.1) is 0 Å². The largest absolute Gasteiger partial charge is 0.331 e. The van der Waals surface area contributed by atoms with E-state index in [1.165, 1.54) is 0 Å². The van der Waals surface area contributed by atoms with Crippen LogP contribution in [0.4, 0.5) is 0 Å². The number of halogens is 1. The fraction of sp³-hybridized carbons (Fsp3) is 0.160. The van der Waals surface area contributed by atoms with E-state index in [2.05, 4.69) is 9.97 Å². The van der Waals surface area contributed by atoms with Crippen LogP contribution in [-0.4, -0.2) is 20.8 Å². The Bertz CT molecular complexity index is 1240. The lowest BCUT2D eigenvalue weighted by Crippen LogP contribution is -2.32. The van der Waals surface area contributed by atoms with E-state index in [-0.39, 0.29) is 18.0 Å². The van der Waals surface area contributed by atoms with Gasteiger partial charge in [-0.2, -0.15) is 0 Å². The highest BCUT2D eigenvalue weighted by atomic mass is 35.5. The van der Waals surface area contributed by atoms with Crippen molar-refractivity contribution in [2.75, 3.05) is 0 Å². The van der Waals surface area contributed by atoms with Crippen LogP contribution in [0.15, 0.2) is 83.7 Å². The Morgan fingerprint density at radius 1 is 0.871 bits per heavy atom. The second-order valence-corrected chi connectivity index (χ2v) is 7.83. The van der Waals surface area contributed by atoms with Gasteiger partial charge >= 0.3 is 0 Å². The number of aromatic amines is 1. The Labute approximate surface area is 185 Å². The molecule has 3 aromatic carbocycles. The van der Waals surface area contributed by atoms with Gasteiger partial charge in [-0.25, -0.2) is 4.98 Å². The summed E-state index contributed by atoms with van der Waals surface area (Å²) >= 11 is 6.00. The first-order valence-corrected chi connectivity index (χ1v) is 10.5. The molecule has 0 bridgehead atoms. The normalized spacial score (nSPS) is 10.9. The monoisotopic (exact) mass is 431 g/mol. The number of nitrogens with zero attached hydrogens (tertiary/aromatic N) is 2. The number of carbonyl (C=O) groups excluding carboxylic acids is 1. The zero-order valence-corrected chi connectivity index (χ0v) is 17.7. The highest BCUT2D eigenvalue weighted by molar-refractivity contribution is 6.30. The Hall–Kier alpha value is -3.44. The first-order valence-electron chi connectivity index (χ1n) is 10.1. The van der Waals surface area contributed by atoms with Crippen molar-refractivity contribution in [3.63, 3.8) is 0 Å². The molecule has 6 heteroatoms. The number of hydrogen-bond acceptors (Lipinski definition) is 3. The molecule has 0 saturated heterocycles. The standard InChI is InChI=1S/C25H22ClN3O2/c26-20-13-10-19(11-14-20)16-29(24(30)15-12-18-6-2-1-3-7-18)17-23-27-22-9-5-4-8-21(22)25(31)28-23/h1-11,13-14H,12,15-17H2,(H,27,28,31). The van der Waals surface area contributed by atoms with Crippen molar-refractivity contribution in [1.82, 2.24) is 14.9 Å². The molecule has 5 nitrogen and oxygen atoms in total. The molecule has 4 rings (SSSR count). The van der Waals surface area contributed by atoms with Crippen molar-refractivity contribution in [3.8, 4) is 0 Å². The summed E-state index contributed by atoms with van der Waals surface area (Å²) in [6.07, 6.45) is 1.02. The molecular weight excluding hydrogens is 410 g/mol. The lowest BCUT2D eigenvalue weighted by atomic mass is 10.1. The minimum atomic E-state index is -0.205. The number of para-hydroxylation sites is 1. The quantitative estimate of drug-likeness (QED) is 0.459. The number of rotatable bonds is 7. The second kappa shape index (κ2) is 9.58. The summed E-state index contributed by atoms with van der Waals surface area (Å²) in [4.78, 5) is 34.7. The van der Waals surface area contributed by atoms with E-state index in [1.54, 1.807) is 35.2 Å². The molecule has 0 unspecified atom stereocenters. The van der Waals surface area contributed by atoms with Gasteiger partial charge in [-0.1, -0.05) is 66.2 Å². The Balaban J connectivity index is 1.57. The maximum absolute atomic E-state index is 13.1. The molecule has 0 aliphatic carbocycles. The molecule has 0 aliphatic heterocycles. The summed E-state index contributed by atoms with van der Waals surface area (Å²) in [5.74, 6) is 0.459. The number of fused-ring (bicyclic) bond motifs is 1. The SMILES string of the molecule is O=C(CCc1ccccc1)N(Cc1ccc(Cl)cc1)Cc1nc2ccccc2c(=O)[nH]1.